The molecule has 0 bridgehead atoms. The Hall–Kier alpha value is -0.730. The normalized spacial score (nSPS) is 26.7. The Morgan fingerprint density at radius 2 is 2.10 bits per heavy atom. The molecule has 1 aliphatic heterocycles. The summed E-state index contributed by atoms with van der Waals surface area (Å²) >= 11 is 6.51. The number of piperidine rings is 1. The molecule has 0 amide bonds. The molecule has 1 aliphatic carbocycles. The van der Waals surface area contributed by atoms with Crippen LogP contribution in [0, 0.1) is 5.92 Å². The van der Waals surface area contributed by atoms with Crippen molar-refractivity contribution in [3.05, 3.63) is 28.8 Å². The van der Waals surface area contributed by atoms with E-state index in [-0.39, 0.29) is 6.04 Å². The van der Waals surface area contributed by atoms with Gasteiger partial charge in [0.05, 0.1) is 0 Å². The minimum absolute atomic E-state index is 0.202. The van der Waals surface area contributed by atoms with Gasteiger partial charge in [-0.3, -0.25) is 0 Å². The molecule has 3 rings (SSSR count). The first-order valence-corrected chi connectivity index (χ1v) is 8.88. The van der Waals surface area contributed by atoms with E-state index in [1.54, 1.807) is 0 Å². The van der Waals surface area contributed by atoms with E-state index in [1.165, 1.54) is 49.9 Å². The van der Waals surface area contributed by atoms with Crippen LogP contribution in [0.1, 0.15) is 51.0 Å². The number of nitrogens with zero attached hydrogens (tertiary/aromatic N) is 1. The zero-order valence-corrected chi connectivity index (χ0v) is 13.8. The standard InChI is InChI=1S/C18H27ClN2/c1-2-14(20)12-15-16(19)8-4-10-18(15)21-11-5-7-13-6-3-9-17(13)21/h4,8,10,13-14,17H,2-3,5-7,9,11-12,20H2,1H3. The molecule has 2 nitrogen and oxygen atoms in total. The Morgan fingerprint density at radius 3 is 2.90 bits per heavy atom. The second-order valence-electron chi connectivity index (χ2n) is 6.70. The first-order chi connectivity index (χ1) is 10.2. The lowest BCUT2D eigenvalue weighted by atomic mass is 9.90. The fourth-order valence-corrected chi connectivity index (χ4v) is 4.42. The van der Waals surface area contributed by atoms with E-state index in [9.17, 15) is 0 Å². The maximum atomic E-state index is 6.51. The van der Waals surface area contributed by atoms with Crippen molar-refractivity contribution in [1.82, 2.24) is 0 Å². The molecule has 2 N–H and O–H groups in total. The molecule has 21 heavy (non-hydrogen) atoms. The summed E-state index contributed by atoms with van der Waals surface area (Å²) in [6.07, 6.45) is 8.74. The second kappa shape index (κ2) is 6.58. The Kier molecular flexibility index (Phi) is 4.75. The average molecular weight is 307 g/mol. The summed E-state index contributed by atoms with van der Waals surface area (Å²) in [5, 5.41) is 0.886. The molecule has 0 radical (unpaired) electrons. The molecule has 1 saturated carbocycles. The molecule has 3 atom stereocenters. The molecular formula is C18H27ClN2. The third kappa shape index (κ3) is 3.07. The van der Waals surface area contributed by atoms with Crippen LogP contribution in [0.4, 0.5) is 5.69 Å². The highest BCUT2D eigenvalue weighted by molar-refractivity contribution is 6.31. The molecule has 3 unspecified atom stereocenters. The van der Waals surface area contributed by atoms with Crippen molar-refractivity contribution in [3.63, 3.8) is 0 Å². The number of nitrogens with two attached hydrogens (primary N) is 1. The molecule has 1 aromatic carbocycles. The molecule has 0 aromatic heterocycles. The Bertz CT molecular complexity index is 488. The number of fused-ring (bicyclic) bond motifs is 1. The fraction of sp³-hybridized carbons (Fsp3) is 0.667. The highest BCUT2D eigenvalue weighted by Crippen LogP contribution is 2.41. The number of hydrogen-bond donors (Lipinski definition) is 1. The van der Waals surface area contributed by atoms with E-state index in [1.807, 2.05) is 6.07 Å². The SMILES string of the molecule is CCC(N)Cc1c(Cl)cccc1N1CCCC2CCCC21. The number of benzene rings is 1. The van der Waals surface area contributed by atoms with Gasteiger partial charge in [0.1, 0.15) is 0 Å². The Labute approximate surface area is 133 Å². The highest BCUT2D eigenvalue weighted by Gasteiger charge is 2.35. The second-order valence-corrected chi connectivity index (χ2v) is 7.11. The number of rotatable bonds is 4. The molecule has 1 aromatic rings. The van der Waals surface area contributed by atoms with Crippen LogP contribution < -0.4 is 10.6 Å². The van der Waals surface area contributed by atoms with Crippen LogP contribution in [-0.2, 0) is 6.42 Å². The van der Waals surface area contributed by atoms with Crippen molar-refractivity contribution in [1.29, 1.82) is 0 Å². The van der Waals surface area contributed by atoms with Gasteiger partial charge in [0.25, 0.3) is 0 Å². The summed E-state index contributed by atoms with van der Waals surface area (Å²) < 4.78 is 0. The highest BCUT2D eigenvalue weighted by atomic mass is 35.5. The maximum absolute atomic E-state index is 6.51. The molecule has 116 valence electrons. The number of halogens is 1. The predicted molar refractivity (Wildman–Crippen MR) is 91.1 cm³/mol. The van der Waals surface area contributed by atoms with Crippen LogP contribution in [0.25, 0.3) is 0 Å². The van der Waals surface area contributed by atoms with Gasteiger partial charge in [-0.1, -0.05) is 31.0 Å². The Balaban J connectivity index is 1.91. The molecule has 1 saturated heterocycles. The van der Waals surface area contributed by atoms with Crippen molar-refractivity contribution in [3.8, 4) is 0 Å². The van der Waals surface area contributed by atoms with Gasteiger partial charge in [-0.2, -0.15) is 0 Å². The third-order valence-electron chi connectivity index (χ3n) is 5.39. The smallest absolute Gasteiger partial charge is 0.0459 e. The maximum Gasteiger partial charge on any atom is 0.0459 e. The zero-order valence-electron chi connectivity index (χ0n) is 13.0. The van der Waals surface area contributed by atoms with E-state index in [0.29, 0.717) is 0 Å². The van der Waals surface area contributed by atoms with Crippen LogP contribution in [-0.4, -0.2) is 18.6 Å². The lowest BCUT2D eigenvalue weighted by molar-refractivity contribution is 0.362. The first kappa shape index (κ1) is 15.2. The lowest BCUT2D eigenvalue weighted by Crippen LogP contribution is -2.43. The number of anilines is 1. The van der Waals surface area contributed by atoms with Crippen LogP contribution in [0.2, 0.25) is 5.02 Å². The van der Waals surface area contributed by atoms with Crippen LogP contribution in [0.3, 0.4) is 0 Å². The van der Waals surface area contributed by atoms with Gasteiger partial charge < -0.3 is 10.6 Å². The minimum atomic E-state index is 0.202. The van der Waals surface area contributed by atoms with Gasteiger partial charge in [0.15, 0.2) is 0 Å². The summed E-state index contributed by atoms with van der Waals surface area (Å²) in [5.74, 6) is 0.894. The third-order valence-corrected chi connectivity index (χ3v) is 5.74. The lowest BCUT2D eigenvalue weighted by Gasteiger charge is -2.41. The quantitative estimate of drug-likeness (QED) is 0.894. The van der Waals surface area contributed by atoms with Crippen molar-refractivity contribution in [2.24, 2.45) is 11.7 Å². The van der Waals surface area contributed by atoms with Gasteiger partial charge in [-0.05, 0) is 62.1 Å². The van der Waals surface area contributed by atoms with Crippen molar-refractivity contribution in [2.75, 3.05) is 11.4 Å². The predicted octanol–water partition coefficient (Wildman–Crippen LogP) is 4.39. The largest absolute Gasteiger partial charge is 0.368 e. The van der Waals surface area contributed by atoms with Crippen molar-refractivity contribution < 1.29 is 0 Å². The summed E-state index contributed by atoms with van der Waals surface area (Å²) in [5.41, 5.74) is 8.82. The molecule has 2 fully saturated rings. The average Bonchev–Trinajstić information content (AvgIpc) is 2.97. The molecule has 0 spiro atoms. The summed E-state index contributed by atoms with van der Waals surface area (Å²) in [6.45, 7) is 3.32. The van der Waals surface area contributed by atoms with E-state index < -0.39 is 0 Å². The van der Waals surface area contributed by atoms with E-state index in [2.05, 4.69) is 24.0 Å². The first-order valence-electron chi connectivity index (χ1n) is 8.50. The molecule has 3 heteroatoms. The van der Waals surface area contributed by atoms with Gasteiger partial charge in [-0.15, -0.1) is 0 Å². The fourth-order valence-electron chi connectivity index (χ4n) is 4.18. The molecular weight excluding hydrogens is 280 g/mol. The van der Waals surface area contributed by atoms with Crippen molar-refractivity contribution in [2.45, 2.75) is 64.0 Å². The molecule has 1 heterocycles. The van der Waals surface area contributed by atoms with Crippen LogP contribution in [0.5, 0.6) is 0 Å². The van der Waals surface area contributed by atoms with Gasteiger partial charge in [-0.25, -0.2) is 0 Å². The Morgan fingerprint density at radius 1 is 1.29 bits per heavy atom. The number of hydrogen-bond acceptors (Lipinski definition) is 2. The monoisotopic (exact) mass is 306 g/mol. The zero-order chi connectivity index (χ0) is 14.8. The van der Waals surface area contributed by atoms with Gasteiger partial charge >= 0.3 is 0 Å². The van der Waals surface area contributed by atoms with Crippen LogP contribution in [0.15, 0.2) is 18.2 Å². The summed E-state index contributed by atoms with van der Waals surface area (Å²) in [7, 11) is 0. The van der Waals surface area contributed by atoms with Gasteiger partial charge in [0.2, 0.25) is 0 Å². The van der Waals surface area contributed by atoms with Crippen LogP contribution >= 0.6 is 11.6 Å². The summed E-state index contributed by atoms with van der Waals surface area (Å²) in [4.78, 5) is 2.64. The minimum Gasteiger partial charge on any atom is -0.368 e. The molecule has 2 aliphatic rings. The topological polar surface area (TPSA) is 29.3 Å². The van der Waals surface area contributed by atoms with Crippen molar-refractivity contribution >= 4 is 17.3 Å². The van der Waals surface area contributed by atoms with E-state index >= 15 is 0 Å². The van der Waals surface area contributed by atoms with Gasteiger partial charge in [0, 0.05) is 29.3 Å². The van der Waals surface area contributed by atoms with E-state index in [0.717, 1.165) is 29.8 Å². The summed E-state index contributed by atoms with van der Waals surface area (Å²) in [6, 6.07) is 7.29. The van der Waals surface area contributed by atoms with E-state index in [4.69, 9.17) is 17.3 Å².